The molecule has 34 heavy (non-hydrogen) atoms. The first kappa shape index (κ1) is 22.2. The lowest BCUT2D eigenvalue weighted by Crippen LogP contribution is -2.59. The molecular formula is C26H26N4O3S. The smallest absolute Gasteiger partial charge is 0.249 e. The molecule has 1 aliphatic heterocycles. The first-order valence-electron chi connectivity index (χ1n) is 11.1. The maximum Gasteiger partial charge on any atom is 0.249 e. The predicted molar refractivity (Wildman–Crippen MR) is 135 cm³/mol. The number of carbonyl (C=O) groups is 1. The highest BCUT2D eigenvalue weighted by atomic mass is 32.2. The molecule has 2 aromatic heterocycles. The molecule has 1 atom stereocenters. The van der Waals surface area contributed by atoms with Crippen LogP contribution in [0.1, 0.15) is 18.9 Å². The molecule has 1 unspecified atom stereocenters. The molecule has 5 rings (SSSR count). The van der Waals surface area contributed by atoms with E-state index in [9.17, 15) is 13.2 Å². The van der Waals surface area contributed by atoms with Crippen molar-refractivity contribution in [3.05, 3.63) is 91.3 Å². The summed E-state index contributed by atoms with van der Waals surface area (Å²) in [6, 6.07) is 13.6. The molecule has 0 spiro atoms. The average molecular weight is 475 g/mol. The number of carbonyl (C=O) groups excluding carboxylic acids is 1. The largest absolute Gasteiger partial charge is 0.366 e. The quantitative estimate of drug-likeness (QED) is 0.553. The van der Waals surface area contributed by atoms with E-state index in [1.165, 1.54) is 10.0 Å². The molecule has 7 nitrogen and oxygen atoms in total. The van der Waals surface area contributed by atoms with Gasteiger partial charge in [0.2, 0.25) is 15.9 Å². The van der Waals surface area contributed by atoms with Crippen molar-refractivity contribution in [1.82, 2.24) is 14.3 Å². The number of benzene rings is 1. The summed E-state index contributed by atoms with van der Waals surface area (Å²) >= 11 is 0. The Kier molecular flexibility index (Phi) is 5.40. The summed E-state index contributed by atoms with van der Waals surface area (Å²) in [5.74, 6) is -0.184. The van der Waals surface area contributed by atoms with Crippen LogP contribution in [0.4, 0.5) is 5.69 Å². The van der Waals surface area contributed by atoms with Gasteiger partial charge < -0.3 is 10.2 Å². The van der Waals surface area contributed by atoms with Crippen LogP contribution in [0.3, 0.4) is 0 Å². The molecule has 0 saturated carbocycles. The van der Waals surface area contributed by atoms with Crippen molar-refractivity contribution in [3.8, 4) is 0 Å². The average Bonchev–Trinajstić information content (AvgIpc) is 3.25. The fraction of sp³-hybridized carbons (Fsp3) is 0.231. The lowest BCUT2D eigenvalue weighted by Gasteiger charge is -2.40. The number of aromatic nitrogens is 2. The van der Waals surface area contributed by atoms with Gasteiger partial charge in [-0.1, -0.05) is 55.1 Å². The summed E-state index contributed by atoms with van der Waals surface area (Å²) < 4.78 is 27.8. The van der Waals surface area contributed by atoms with E-state index in [1.54, 1.807) is 31.5 Å². The molecule has 1 aliphatic carbocycles. The minimum absolute atomic E-state index is 0.0658. The maximum atomic E-state index is 13.8. The van der Waals surface area contributed by atoms with Crippen molar-refractivity contribution >= 4 is 38.2 Å². The number of rotatable bonds is 6. The van der Waals surface area contributed by atoms with Crippen LogP contribution >= 0.6 is 0 Å². The Hall–Kier alpha value is -3.65. The Labute approximate surface area is 199 Å². The first-order chi connectivity index (χ1) is 16.3. The van der Waals surface area contributed by atoms with E-state index in [0.29, 0.717) is 25.2 Å². The second-order valence-corrected chi connectivity index (χ2v) is 11.2. The van der Waals surface area contributed by atoms with E-state index in [-0.39, 0.29) is 11.9 Å². The Morgan fingerprint density at radius 3 is 2.74 bits per heavy atom. The van der Waals surface area contributed by atoms with Gasteiger partial charge in [0, 0.05) is 24.7 Å². The van der Waals surface area contributed by atoms with E-state index < -0.39 is 14.8 Å². The molecule has 0 bridgehead atoms. The van der Waals surface area contributed by atoms with Gasteiger partial charge in [-0.25, -0.2) is 17.4 Å². The standard InChI is InChI=1S/C26H26N4O3S/c1-3-24(31)28-22-17-29(18-22)23-14-20-11-13-30(25(20)27-16-23)34(32,33)26(2)12-7-10-21(15-26)19-8-5-4-6-9-19/h3-14,16,22H,1,15,17-18H2,2H3,(H,28,31). The van der Waals surface area contributed by atoms with Crippen molar-refractivity contribution in [2.24, 2.45) is 0 Å². The zero-order chi connectivity index (χ0) is 23.9. The van der Waals surface area contributed by atoms with Gasteiger partial charge in [-0.2, -0.15) is 0 Å². The molecular weight excluding hydrogens is 448 g/mol. The Bertz CT molecular complexity index is 1430. The number of amides is 1. The Morgan fingerprint density at radius 1 is 1.24 bits per heavy atom. The number of hydrogen-bond acceptors (Lipinski definition) is 5. The number of pyridine rings is 1. The van der Waals surface area contributed by atoms with Crippen molar-refractivity contribution < 1.29 is 13.2 Å². The Morgan fingerprint density at radius 2 is 2.00 bits per heavy atom. The van der Waals surface area contributed by atoms with Crippen LogP contribution in [-0.4, -0.2) is 47.2 Å². The second-order valence-electron chi connectivity index (χ2n) is 8.94. The zero-order valence-electron chi connectivity index (χ0n) is 18.9. The van der Waals surface area contributed by atoms with Gasteiger partial charge in [-0.3, -0.25) is 4.79 Å². The van der Waals surface area contributed by atoms with Crippen LogP contribution in [0, 0.1) is 0 Å². The molecule has 1 saturated heterocycles. The van der Waals surface area contributed by atoms with Crippen LogP contribution in [0.15, 0.2) is 85.7 Å². The number of fused-ring (bicyclic) bond motifs is 1. The molecule has 3 aromatic rings. The highest BCUT2D eigenvalue weighted by Gasteiger charge is 2.41. The van der Waals surface area contributed by atoms with Crippen molar-refractivity contribution in [2.45, 2.75) is 24.1 Å². The highest BCUT2D eigenvalue weighted by molar-refractivity contribution is 7.91. The van der Waals surface area contributed by atoms with Gasteiger partial charge in [0.05, 0.1) is 17.9 Å². The summed E-state index contributed by atoms with van der Waals surface area (Å²) in [7, 11) is -3.78. The van der Waals surface area contributed by atoms with E-state index in [4.69, 9.17) is 0 Å². The molecule has 1 N–H and O–H groups in total. The van der Waals surface area contributed by atoms with Crippen LogP contribution in [-0.2, 0) is 14.8 Å². The number of allylic oxidation sites excluding steroid dienone is 3. The fourth-order valence-electron chi connectivity index (χ4n) is 4.51. The van der Waals surface area contributed by atoms with Crippen molar-refractivity contribution in [1.29, 1.82) is 0 Å². The van der Waals surface area contributed by atoms with Crippen LogP contribution < -0.4 is 10.2 Å². The highest BCUT2D eigenvalue weighted by Crippen LogP contribution is 2.37. The molecule has 1 fully saturated rings. The van der Waals surface area contributed by atoms with Crippen LogP contribution in [0.25, 0.3) is 16.6 Å². The van der Waals surface area contributed by atoms with Gasteiger partial charge in [0.15, 0.2) is 5.65 Å². The lowest BCUT2D eigenvalue weighted by molar-refractivity contribution is -0.117. The molecule has 1 aromatic carbocycles. The third-order valence-electron chi connectivity index (χ3n) is 6.54. The fourth-order valence-corrected chi connectivity index (χ4v) is 6.15. The molecule has 2 aliphatic rings. The van der Waals surface area contributed by atoms with Gasteiger partial charge in [-0.05, 0) is 42.7 Å². The Balaban J connectivity index is 1.39. The van der Waals surface area contributed by atoms with Gasteiger partial charge in [0.25, 0.3) is 0 Å². The third-order valence-corrected chi connectivity index (χ3v) is 8.81. The number of nitrogens with one attached hydrogen (secondary N) is 1. The normalized spacial score (nSPS) is 20.6. The van der Waals surface area contributed by atoms with Crippen molar-refractivity contribution in [2.75, 3.05) is 18.0 Å². The summed E-state index contributed by atoms with van der Waals surface area (Å²) in [4.78, 5) is 18.1. The van der Waals surface area contributed by atoms with Crippen LogP contribution in [0.2, 0.25) is 0 Å². The second kappa shape index (κ2) is 8.29. The number of hydrogen-bond donors (Lipinski definition) is 1. The monoisotopic (exact) mass is 474 g/mol. The zero-order valence-corrected chi connectivity index (χ0v) is 19.7. The lowest BCUT2D eigenvalue weighted by atomic mass is 9.90. The predicted octanol–water partition coefficient (Wildman–Crippen LogP) is 3.51. The minimum atomic E-state index is -3.78. The maximum absolute atomic E-state index is 13.8. The van der Waals surface area contributed by atoms with Crippen molar-refractivity contribution in [3.63, 3.8) is 0 Å². The molecule has 0 radical (unpaired) electrons. The molecule has 1 amide bonds. The van der Waals surface area contributed by atoms with Crippen LogP contribution in [0.5, 0.6) is 0 Å². The van der Waals surface area contributed by atoms with Gasteiger partial charge in [-0.15, -0.1) is 0 Å². The molecule has 174 valence electrons. The summed E-state index contributed by atoms with van der Waals surface area (Å²) in [5, 5.41) is 3.62. The summed E-state index contributed by atoms with van der Waals surface area (Å²) in [5.41, 5.74) is 3.30. The van der Waals surface area contributed by atoms with E-state index in [1.807, 2.05) is 48.6 Å². The topological polar surface area (TPSA) is 84.3 Å². The van der Waals surface area contributed by atoms with E-state index in [2.05, 4.69) is 21.8 Å². The van der Waals surface area contributed by atoms with E-state index in [0.717, 1.165) is 22.2 Å². The van der Waals surface area contributed by atoms with Gasteiger partial charge in [0.1, 0.15) is 4.75 Å². The summed E-state index contributed by atoms with van der Waals surface area (Å²) in [6.45, 7) is 6.57. The first-order valence-corrected chi connectivity index (χ1v) is 12.6. The molecule has 8 heteroatoms. The number of anilines is 1. The minimum Gasteiger partial charge on any atom is -0.366 e. The number of nitrogens with zero attached hydrogens (tertiary/aromatic N) is 3. The summed E-state index contributed by atoms with van der Waals surface area (Å²) in [6.07, 6.45) is 10.5. The van der Waals surface area contributed by atoms with Gasteiger partial charge >= 0.3 is 0 Å². The SMILES string of the molecule is C=CC(=O)NC1CN(c2cnc3c(ccn3S(=O)(=O)C3(C)C=CC=C(c4ccccc4)C3)c2)C1. The van der Waals surface area contributed by atoms with E-state index >= 15 is 0 Å². The third kappa shape index (κ3) is 3.74. The molecule has 3 heterocycles.